The molecule has 2 rings (SSSR count). The molecule has 6 heteroatoms. The average Bonchev–Trinajstić information content (AvgIpc) is 2.28. The summed E-state index contributed by atoms with van der Waals surface area (Å²) in [6.45, 7) is 0. The summed E-state index contributed by atoms with van der Waals surface area (Å²) in [5.74, 6) is 0.181. The molecule has 0 spiro atoms. The lowest BCUT2D eigenvalue weighted by molar-refractivity contribution is -0.137. The second-order valence-electron chi connectivity index (χ2n) is 4.13. The molecule has 1 aliphatic rings. The first kappa shape index (κ1) is 13.5. The Morgan fingerprint density at radius 3 is 2.61 bits per heavy atom. The van der Waals surface area contributed by atoms with E-state index < -0.39 is 11.7 Å². The van der Waals surface area contributed by atoms with Crippen molar-refractivity contribution >= 4 is 11.6 Å². The SMILES string of the molecule is COC1C(Cl)CC1Oc1cccc(C(F)(F)F)c1. The summed E-state index contributed by atoms with van der Waals surface area (Å²) in [6.07, 6.45) is -4.37. The molecule has 18 heavy (non-hydrogen) atoms. The zero-order chi connectivity index (χ0) is 13.3. The zero-order valence-electron chi connectivity index (χ0n) is 9.58. The van der Waals surface area contributed by atoms with Crippen LogP contribution in [0.2, 0.25) is 0 Å². The van der Waals surface area contributed by atoms with Crippen LogP contribution < -0.4 is 4.74 Å². The van der Waals surface area contributed by atoms with Crippen LogP contribution in [0.3, 0.4) is 0 Å². The summed E-state index contributed by atoms with van der Waals surface area (Å²) in [6, 6.07) is 4.79. The van der Waals surface area contributed by atoms with Crippen LogP contribution in [0.1, 0.15) is 12.0 Å². The minimum Gasteiger partial charge on any atom is -0.488 e. The Labute approximate surface area is 108 Å². The molecule has 0 aromatic heterocycles. The van der Waals surface area contributed by atoms with Crippen molar-refractivity contribution in [2.75, 3.05) is 7.11 Å². The first-order chi connectivity index (χ1) is 8.41. The summed E-state index contributed by atoms with van der Waals surface area (Å²) >= 11 is 5.89. The van der Waals surface area contributed by atoms with Gasteiger partial charge in [-0.2, -0.15) is 13.2 Å². The molecule has 1 fully saturated rings. The fraction of sp³-hybridized carbons (Fsp3) is 0.500. The van der Waals surface area contributed by atoms with Crippen molar-refractivity contribution in [1.82, 2.24) is 0 Å². The van der Waals surface area contributed by atoms with Gasteiger partial charge < -0.3 is 9.47 Å². The van der Waals surface area contributed by atoms with E-state index >= 15 is 0 Å². The lowest BCUT2D eigenvalue weighted by Gasteiger charge is -2.39. The van der Waals surface area contributed by atoms with E-state index in [0.29, 0.717) is 6.42 Å². The predicted octanol–water partition coefficient (Wildman–Crippen LogP) is 3.48. The molecule has 1 saturated carbocycles. The first-order valence-corrected chi connectivity index (χ1v) is 5.86. The van der Waals surface area contributed by atoms with Gasteiger partial charge >= 0.3 is 6.18 Å². The fourth-order valence-electron chi connectivity index (χ4n) is 1.86. The number of ether oxygens (including phenoxy) is 2. The Morgan fingerprint density at radius 1 is 1.33 bits per heavy atom. The molecule has 0 N–H and O–H groups in total. The van der Waals surface area contributed by atoms with Gasteiger partial charge in [0.1, 0.15) is 18.0 Å². The number of benzene rings is 1. The summed E-state index contributed by atoms with van der Waals surface area (Å²) in [5, 5.41) is -0.147. The van der Waals surface area contributed by atoms with Crippen LogP contribution in [-0.2, 0) is 10.9 Å². The van der Waals surface area contributed by atoms with E-state index in [2.05, 4.69) is 0 Å². The maximum atomic E-state index is 12.5. The minimum atomic E-state index is -4.37. The topological polar surface area (TPSA) is 18.5 Å². The maximum Gasteiger partial charge on any atom is 0.416 e. The zero-order valence-corrected chi connectivity index (χ0v) is 10.3. The number of hydrogen-bond acceptors (Lipinski definition) is 2. The van der Waals surface area contributed by atoms with Crippen molar-refractivity contribution in [3.8, 4) is 5.75 Å². The van der Waals surface area contributed by atoms with Gasteiger partial charge in [0.25, 0.3) is 0 Å². The van der Waals surface area contributed by atoms with Gasteiger partial charge in [0.15, 0.2) is 0 Å². The Hall–Kier alpha value is -0.940. The summed E-state index contributed by atoms with van der Waals surface area (Å²) < 4.78 is 48.1. The monoisotopic (exact) mass is 280 g/mol. The van der Waals surface area contributed by atoms with Crippen LogP contribution in [0.4, 0.5) is 13.2 Å². The van der Waals surface area contributed by atoms with E-state index in [9.17, 15) is 13.2 Å². The van der Waals surface area contributed by atoms with E-state index in [-0.39, 0.29) is 23.3 Å². The number of methoxy groups -OCH3 is 1. The molecule has 0 saturated heterocycles. The van der Waals surface area contributed by atoms with Gasteiger partial charge in [0, 0.05) is 13.5 Å². The third kappa shape index (κ3) is 2.72. The minimum absolute atomic E-state index is 0.147. The molecule has 0 radical (unpaired) electrons. The largest absolute Gasteiger partial charge is 0.488 e. The molecule has 2 nitrogen and oxygen atoms in total. The maximum absolute atomic E-state index is 12.5. The molecule has 0 bridgehead atoms. The smallest absolute Gasteiger partial charge is 0.416 e. The Bertz CT molecular complexity index is 422. The Morgan fingerprint density at radius 2 is 2.06 bits per heavy atom. The second-order valence-corrected chi connectivity index (χ2v) is 4.69. The molecule has 100 valence electrons. The third-order valence-electron chi connectivity index (χ3n) is 2.90. The molecule has 0 heterocycles. The van der Waals surface area contributed by atoms with E-state index in [0.717, 1.165) is 12.1 Å². The van der Waals surface area contributed by atoms with E-state index in [1.165, 1.54) is 19.2 Å². The van der Waals surface area contributed by atoms with Gasteiger partial charge in [-0.15, -0.1) is 11.6 Å². The molecular weight excluding hydrogens is 269 g/mol. The lowest BCUT2D eigenvalue weighted by atomic mass is 9.91. The van der Waals surface area contributed by atoms with E-state index in [1.807, 2.05) is 0 Å². The molecule has 1 aliphatic carbocycles. The number of alkyl halides is 4. The lowest BCUT2D eigenvalue weighted by Crippen LogP contribution is -2.52. The van der Waals surface area contributed by atoms with Crippen LogP contribution in [0, 0.1) is 0 Å². The predicted molar refractivity (Wildman–Crippen MR) is 60.9 cm³/mol. The van der Waals surface area contributed by atoms with Gasteiger partial charge in [-0.3, -0.25) is 0 Å². The van der Waals surface area contributed by atoms with Crippen molar-refractivity contribution in [3.63, 3.8) is 0 Å². The summed E-state index contributed by atoms with van der Waals surface area (Å²) in [7, 11) is 1.50. The molecule has 0 aliphatic heterocycles. The van der Waals surface area contributed by atoms with Crippen molar-refractivity contribution in [3.05, 3.63) is 29.8 Å². The highest BCUT2D eigenvalue weighted by molar-refractivity contribution is 6.21. The normalized spacial score (nSPS) is 27.7. The number of halogens is 4. The summed E-state index contributed by atoms with van der Waals surface area (Å²) in [5.41, 5.74) is -0.726. The van der Waals surface area contributed by atoms with Crippen LogP contribution in [0.5, 0.6) is 5.75 Å². The van der Waals surface area contributed by atoms with Gasteiger partial charge in [0.05, 0.1) is 10.9 Å². The molecule has 3 atom stereocenters. The van der Waals surface area contributed by atoms with E-state index in [1.54, 1.807) is 0 Å². The van der Waals surface area contributed by atoms with Crippen molar-refractivity contribution < 1.29 is 22.6 Å². The molecule has 1 aromatic rings. The number of rotatable bonds is 3. The van der Waals surface area contributed by atoms with Crippen molar-refractivity contribution in [2.24, 2.45) is 0 Å². The Kier molecular flexibility index (Phi) is 3.73. The van der Waals surface area contributed by atoms with Crippen LogP contribution in [0.15, 0.2) is 24.3 Å². The highest BCUT2D eigenvalue weighted by Gasteiger charge is 2.42. The molecule has 3 unspecified atom stereocenters. The van der Waals surface area contributed by atoms with E-state index in [4.69, 9.17) is 21.1 Å². The molecule has 1 aromatic carbocycles. The molecular formula is C12H12ClF3O2. The first-order valence-electron chi connectivity index (χ1n) is 5.42. The quantitative estimate of drug-likeness (QED) is 0.789. The highest BCUT2D eigenvalue weighted by atomic mass is 35.5. The highest BCUT2D eigenvalue weighted by Crippen LogP contribution is 2.35. The van der Waals surface area contributed by atoms with Gasteiger partial charge in [0.2, 0.25) is 0 Å². The average molecular weight is 281 g/mol. The van der Waals surface area contributed by atoms with Crippen molar-refractivity contribution in [2.45, 2.75) is 30.2 Å². The number of hydrogen-bond donors (Lipinski definition) is 0. The van der Waals surface area contributed by atoms with Gasteiger partial charge in [-0.1, -0.05) is 6.07 Å². The molecule has 0 amide bonds. The Balaban J connectivity index is 2.07. The summed E-state index contributed by atoms with van der Waals surface area (Å²) in [4.78, 5) is 0. The van der Waals surface area contributed by atoms with Crippen LogP contribution in [0.25, 0.3) is 0 Å². The fourth-order valence-corrected chi connectivity index (χ4v) is 2.30. The van der Waals surface area contributed by atoms with Crippen LogP contribution >= 0.6 is 11.6 Å². The van der Waals surface area contributed by atoms with Crippen molar-refractivity contribution in [1.29, 1.82) is 0 Å². The second kappa shape index (κ2) is 4.97. The van der Waals surface area contributed by atoms with Crippen LogP contribution in [-0.4, -0.2) is 24.7 Å². The van der Waals surface area contributed by atoms with Gasteiger partial charge in [-0.05, 0) is 18.2 Å². The van der Waals surface area contributed by atoms with Gasteiger partial charge in [-0.25, -0.2) is 0 Å². The third-order valence-corrected chi connectivity index (χ3v) is 3.33. The standard InChI is InChI=1S/C12H12ClF3O2/c1-17-11-9(13)6-10(11)18-8-4-2-3-7(5-8)12(14,15)16/h2-5,9-11H,6H2,1H3.